The van der Waals surface area contributed by atoms with E-state index in [2.05, 4.69) is 57.7 Å². The number of carbonyl (C=O) groups excluding carboxylic acids is 2. The summed E-state index contributed by atoms with van der Waals surface area (Å²) in [5.74, 6) is 1.42. The zero-order chi connectivity index (χ0) is 14.3. The zero-order valence-electron chi connectivity index (χ0n) is 11.7. The fraction of sp³-hybridized carbons (Fsp3) is 0.538. The van der Waals surface area contributed by atoms with Gasteiger partial charge in [-0.15, -0.1) is 0 Å². The van der Waals surface area contributed by atoms with Crippen molar-refractivity contribution in [3.05, 3.63) is 24.6 Å². The molecule has 0 N–H and O–H groups in total. The quantitative estimate of drug-likeness (QED) is 0.472. The number of imidazole rings is 1. The van der Waals surface area contributed by atoms with Crippen LogP contribution in [0.15, 0.2) is 18.7 Å². The average molecular weight is 340 g/mol. The molecule has 5 heteroatoms. The van der Waals surface area contributed by atoms with Gasteiger partial charge in [0.15, 0.2) is 0 Å². The van der Waals surface area contributed by atoms with Gasteiger partial charge in [-0.25, -0.2) is 4.98 Å². The number of aromatic nitrogens is 2. The SMILES string of the molecule is CCC(C)n1ccnc1.C[C-](C)C.[CH-]=O.[CH-]=O.[Ru+3]. The molecule has 4 nitrogen and oxygen atoms in total. The third-order valence-electron chi connectivity index (χ3n) is 1.62. The van der Waals surface area contributed by atoms with Crippen LogP contribution in [0.4, 0.5) is 0 Å². The first-order valence-corrected chi connectivity index (χ1v) is 5.29. The number of rotatable bonds is 2. The third kappa shape index (κ3) is 20.6. The second-order valence-electron chi connectivity index (χ2n) is 3.77. The van der Waals surface area contributed by atoms with Crippen LogP contribution >= 0.6 is 0 Å². The summed E-state index contributed by atoms with van der Waals surface area (Å²) >= 11 is 0. The average Bonchev–Trinajstić information content (AvgIpc) is 2.86. The van der Waals surface area contributed by atoms with Gasteiger partial charge in [0.2, 0.25) is 0 Å². The molecule has 0 aromatic carbocycles. The smallest absolute Gasteiger partial charge is 0.545 e. The second-order valence-corrected chi connectivity index (χ2v) is 3.77. The Kier molecular flexibility index (Phi) is 30.9. The van der Waals surface area contributed by atoms with Crippen molar-refractivity contribution in [2.24, 2.45) is 0 Å². The molecule has 1 radical (unpaired) electrons. The predicted octanol–water partition coefficient (Wildman–Crippen LogP) is 2.92. The van der Waals surface area contributed by atoms with Crippen LogP contribution in [-0.2, 0) is 29.1 Å². The van der Waals surface area contributed by atoms with Gasteiger partial charge in [0, 0.05) is 18.4 Å². The van der Waals surface area contributed by atoms with Gasteiger partial charge < -0.3 is 20.1 Å². The van der Waals surface area contributed by atoms with E-state index in [0.717, 1.165) is 6.42 Å². The minimum Gasteiger partial charge on any atom is -0.545 e. The summed E-state index contributed by atoms with van der Waals surface area (Å²) in [6.07, 6.45) is 6.82. The molecule has 0 amide bonds. The van der Waals surface area contributed by atoms with Gasteiger partial charge in [-0.1, -0.05) is 6.92 Å². The molecular weight excluding hydrogens is 317 g/mol. The van der Waals surface area contributed by atoms with Crippen LogP contribution in [0.2, 0.25) is 0 Å². The van der Waals surface area contributed by atoms with E-state index in [-0.39, 0.29) is 19.5 Å². The van der Waals surface area contributed by atoms with Crippen molar-refractivity contribution in [1.29, 1.82) is 0 Å². The summed E-state index contributed by atoms with van der Waals surface area (Å²) in [5, 5.41) is 0. The molecule has 1 rings (SSSR count). The van der Waals surface area contributed by atoms with Crippen LogP contribution in [0, 0.1) is 5.92 Å². The van der Waals surface area contributed by atoms with Gasteiger partial charge in [0.05, 0.1) is 6.33 Å². The van der Waals surface area contributed by atoms with E-state index in [1.54, 1.807) is 0 Å². The Labute approximate surface area is 124 Å². The normalized spacial score (nSPS) is 9.22. The maximum absolute atomic E-state index is 7.75. The topological polar surface area (TPSA) is 52.0 Å². The van der Waals surface area contributed by atoms with E-state index >= 15 is 0 Å². The molecule has 0 aliphatic carbocycles. The fourth-order valence-electron chi connectivity index (χ4n) is 0.741. The van der Waals surface area contributed by atoms with E-state index in [4.69, 9.17) is 9.59 Å². The standard InChI is InChI=1S/C7H12N2.C4H9.2CHO.Ru/c1-3-7(2)9-5-4-8-6-9;1-4(2)3;2*1-2;/h4-7H,3H2,1-2H3;1-3H3;2*1H;/q;3*-1;+3. The largest absolute Gasteiger partial charge is 3.00 e. The first-order valence-electron chi connectivity index (χ1n) is 5.29. The molecule has 1 unspecified atom stereocenters. The summed E-state index contributed by atoms with van der Waals surface area (Å²) in [6.45, 7) is 17.1. The number of nitrogens with zero attached hydrogens (tertiary/aromatic N) is 2. The van der Waals surface area contributed by atoms with Crippen LogP contribution in [-0.4, -0.2) is 23.1 Å². The monoisotopic (exact) mass is 341 g/mol. The van der Waals surface area contributed by atoms with Gasteiger partial charge in [-0.2, -0.15) is 20.8 Å². The van der Waals surface area contributed by atoms with Crippen LogP contribution < -0.4 is 0 Å². The Hall–Kier alpha value is -0.827. The Balaban J connectivity index is -0.0000000937. The summed E-state index contributed by atoms with van der Waals surface area (Å²) in [4.78, 5) is 19.5. The van der Waals surface area contributed by atoms with Gasteiger partial charge >= 0.3 is 19.5 Å². The van der Waals surface area contributed by atoms with Crippen LogP contribution in [0.5, 0.6) is 0 Å². The Bertz CT molecular complexity index is 224. The molecule has 0 fully saturated rings. The molecule has 105 valence electrons. The van der Waals surface area contributed by atoms with Crippen molar-refractivity contribution >= 4 is 13.6 Å². The Morgan fingerprint density at radius 3 is 1.83 bits per heavy atom. The minimum atomic E-state index is 0. The van der Waals surface area contributed by atoms with E-state index in [1.165, 1.54) is 5.92 Å². The van der Waals surface area contributed by atoms with Crippen molar-refractivity contribution in [3.8, 4) is 0 Å². The van der Waals surface area contributed by atoms with Gasteiger partial charge in [-0.3, -0.25) is 13.6 Å². The van der Waals surface area contributed by atoms with Crippen molar-refractivity contribution in [2.45, 2.75) is 47.1 Å². The molecule has 1 aromatic rings. The molecule has 0 bridgehead atoms. The third-order valence-corrected chi connectivity index (χ3v) is 1.62. The van der Waals surface area contributed by atoms with Crippen LogP contribution in [0.25, 0.3) is 0 Å². The molecule has 1 aromatic heterocycles. The Morgan fingerprint density at radius 1 is 1.22 bits per heavy atom. The van der Waals surface area contributed by atoms with E-state index in [0.29, 0.717) is 6.04 Å². The van der Waals surface area contributed by atoms with Crippen molar-refractivity contribution < 1.29 is 29.1 Å². The van der Waals surface area contributed by atoms with E-state index < -0.39 is 0 Å². The van der Waals surface area contributed by atoms with E-state index in [9.17, 15) is 0 Å². The molecule has 1 atom stereocenters. The van der Waals surface area contributed by atoms with Crippen molar-refractivity contribution in [3.63, 3.8) is 0 Å². The van der Waals surface area contributed by atoms with Gasteiger partial charge in [-0.05, 0) is 13.3 Å². The summed E-state index contributed by atoms with van der Waals surface area (Å²) in [5.41, 5.74) is 0. The summed E-state index contributed by atoms with van der Waals surface area (Å²) < 4.78 is 2.11. The van der Waals surface area contributed by atoms with Gasteiger partial charge in [0.25, 0.3) is 0 Å². The van der Waals surface area contributed by atoms with Gasteiger partial charge in [0.1, 0.15) is 0 Å². The number of hydrogen-bond donors (Lipinski definition) is 0. The minimum absolute atomic E-state index is 0. The van der Waals surface area contributed by atoms with Crippen LogP contribution in [0.1, 0.15) is 47.1 Å². The molecule has 0 aliphatic heterocycles. The van der Waals surface area contributed by atoms with Crippen molar-refractivity contribution in [1.82, 2.24) is 9.55 Å². The first kappa shape index (κ1) is 25.9. The maximum Gasteiger partial charge on any atom is 3.00 e. The molecule has 1 heterocycles. The Morgan fingerprint density at radius 2 is 1.61 bits per heavy atom. The predicted molar refractivity (Wildman–Crippen MR) is 71.0 cm³/mol. The molecule has 0 saturated carbocycles. The molecule has 0 spiro atoms. The molecule has 18 heavy (non-hydrogen) atoms. The second kappa shape index (κ2) is 21.5. The maximum atomic E-state index is 7.75. The summed E-state index contributed by atoms with van der Waals surface area (Å²) in [6, 6.07) is 0.590. The van der Waals surface area contributed by atoms with Crippen LogP contribution in [0.3, 0.4) is 0 Å². The first-order chi connectivity index (χ1) is 8.07. The molecule has 0 saturated heterocycles. The van der Waals surface area contributed by atoms with Crippen molar-refractivity contribution in [2.75, 3.05) is 0 Å². The fourth-order valence-corrected chi connectivity index (χ4v) is 0.741. The van der Waals surface area contributed by atoms with E-state index in [1.807, 2.05) is 18.7 Å². The summed E-state index contributed by atoms with van der Waals surface area (Å²) in [7, 11) is 0. The zero-order valence-corrected chi connectivity index (χ0v) is 13.5. The number of hydrogen-bond acceptors (Lipinski definition) is 3. The molecular formula is C13H23N2O2Ru. The molecule has 0 aliphatic rings.